The fraction of sp³-hybridized carbons (Fsp3) is 0.667. The normalized spacial score (nSPS) is 11.2. The first-order valence-electron chi connectivity index (χ1n) is 8.09. The second kappa shape index (κ2) is 10.9. The van der Waals surface area contributed by atoms with Crippen molar-refractivity contribution in [3.8, 4) is 0 Å². The molecule has 0 amide bonds. The van der Waals surface area contributed by atoms with Crippen LogP contribution in [-0.2, 0) is 17.8 Å². The predicted octanol–water partition coefficient (Wildman–Crippen LogP) is 4.18. The number of benzene rings is 1. The maximum atomic E-state index is 5.82. The predicted molar refractivity (Wildman–Crippen MR) is 87.0 cm³/mol. The standard InChI is InChI=1S/C18H31NO/c1-4-12-19-13-11-17-9-5-6-10-18(17)15-20-14-7-8-16(2)3/h5-6,9-10,16,19H,4,7-8,11-15H2,1-3H3. The molecule has 0 heterocycles. The van der Waals surface area contributed by atoms with Gasteiger partial charge in [-0.3, -0.25) is 0 Å². The van der Waals surface area contributed by atoms with E-state index in [4.69, 9.17) is 4.74 Å². The highest BCUT2D eigenvalue weighted by Crippen LogP contribution is 2.11. The quantitative estimate of drug-likeness (QED) is 0.613. The molecule has 1 rings (SSSR count). The van der Waals surface area contributed by atoms with Crippen LogP contribution >= 0.6 is 0 Å². The lowest BCUT2D eigenvalue weighted by Gasteiger charge is -2.11. The zero-order valence-corrected chi connectivity index (χ0v) is 13.5. The average molecular weight is 277 g/mol. The molecular weight excluding hydrogens is 246 g/mol. The van der Waals surface area contributed by atoms with Crippen molar-refractivity contribution in [1.82, 2.24) is 5.32 Å². The van der Waals surface area contributed by atoms with E-state index in [1.54, 1.807) is 0 Å². The Bertz CT molecular complexity index is 349. The third kappa shape index (κ3) is 7.66. The first-order valence-corrected chi connectivity index (χ1v) is 8.09. The Morgan fingerprint density at radius 1 is 1.10 bits per heavy atom. The van der Waals surface area contributed by atoms with Gasteiger partial charge in [0.25, 0.3) is 0 Å². The first-order chi connectivity index (χ1) is 9.74. The van der Waals surface area contributed by atoms with E-state index in [-0.39, 0.29) is 0 Å². The molecule has 20 heavy (non-hydrogen) atoms. The van der Waals surface area contributed by atoms with Crippen molar-refractivity contribution in [3.05, 3.63) is 35.4 Å². The van der Waals surface area contributed by atoms with Gasteiger partial charge >= 0.3 is 0 Å². The van der Waals surface area contributed by atoms with Crippen LogP contribution < -0.4 is 5.32 Å². The molecule has 0 aliphatic rings. The van der Waals surface area contributed by atoms with E-state index in [1.165, 1.54) is 24.0 Å². The highest BCUT2D eigenvalue weighted by molar-refractivity contribution is 5.26. The minimum atomic E-state index is 0.752. The molecule has 0 spiro atoms. The zero-order chi connectivity index (χ0) is 14.6. The van der Waals surface area contributed by atoms with Gasteiger partial charge in [-0.05, 0) is 55.8 Å². The number of rotatable bonds is 11. The molecule has 0 bridgehead atoms. The Kier molecular flexibility index (Phi) is 9.35. The van der Waals surface area contributed by atoms with Crippen LogP contribution in [0.15, 0.2) is 24.3 Å². The van der Waals surface area contributed by atoms with Crippen LogP contribution in [0.1, 0.15) is 51.2 Å². The van der Waals surface area contributed by atoms with Crippen molar-refractivity contribution in [2.45, 2.75) is 53.1 Å². The molecule has 1 aromatic carbocycles. The van der Waals surface area contributed by atoms with Gasteiger partial charge in [-0.25, -0.2) is 0 Å². The minimum Gasteiger partial charge on any atom is -0.377 e. The molecule has 0 radical (unpaired) electrons. The van der Waals surface area contributed by atoms with Crippen LogP contribution in [0.3, 0.4) is 0 Å². The number of ether oxygens (including phenoxy) is 1. The molecule has 2 nitrogen and oxygen atoms in total. The molecule has 0 saturated carbocycles. The first kappa shape index (κ1) is 17.2. The Morgan fingerprint density at radius 2 is 1.85 bits per heavy atom. The SMILES string of the molecule is CCCNCCc1ccccc1COCCCC(C)C. The third-order valence-corrected chi connectivity index (χ3v) is 3.44. The topological polar surface area (TPSA) is 21.3 Å². The lowest BCUT2D eigenvalue weighted by atomic mass is 10.1. The lowest BCUT2D eigenvalue weighted by molar-refractivity contribution is 0.114. The largest absolute Gasteiger partial charge is 0.377 e. The maximum absolute atomic E-state index is 5.82. The maximum Gasteiger partial charge on any atom is 0.0719 e. The fourth-order valence-electron chi connectivity index (χ4n) is 2.24. The minimum absolute atomic E-state index is 0.752. The van der Waals surface area contributed by atoms with Crippen molar-refractivity contribution in [1.29, 1.82) is 0 Å². The molecule has 114 valence electrons. The van der Waals surface area contributed by atoms with Crippen molar-refractivity contribution in [3.63, 3.8) is 0 Å². The van der Waals surface area contributed by atoms with Gasteiger partial charge in [0.2, 0.25) is 0 Å². The number of hydrogen-bond acceptors (Lipinski definition) is 2. The molecule has 2 heteroatoms. The smallest absolute Gasteiger partial charge is 0.0719 e. The van der Waals surface area contributed by atoms with Crippen LogP contribution in [-0.4, -0.2) is 19.7 Å². The Hall–Kier alpha value is -0.860. The zero-order valence-electron chi connectivity index (χ0n) is 13.5. The summed E-state index contributed by atoms with van der Waals surface area (Å²) in [6.07, 6.45) is 4.70. The van der Waals surface area contributed by atoms with Crippen LogP contribution in [0.4, 0.5) is 0 Å². The molecule has 0 atom stereocenters. The molecule has 0 aliphatic carbocycles. The molecular formula is C18H31NO. The van der Waals surface area contributed by atoms with E-state index in [9.17, 15) is 0 Å². The second-order valence-electron chi connectivity index (χ2n) is 5.86. The number of hydrogen-bond donors (Lipinski definition) is 1. The summed E-state index contributed by atoms with van der Waals surface area (Å²) in [7, 11) is 0. The second-order valence-corrected chi connectivity index (χ2v) is 5.86. The summed E-state index contributed by atoms with van der Waals surface area (Å²) >= 11 is 0. The van der Waals surface area contributed by atoms with Crippen molar-refractivity contribution >= 4 is 0 Å². The fourth-order valence-corrected chi connectivity index (χ4v) is 2.24. The van der Waals surface area contributed by atoms with E-state index >= 15 is 0 Å². The summed E-state index contributed by atoms with van der Waals surface area (Å²) < 4.78 is 5.82. The lowest BCUT2D eigenvalue weighted by Crippen LogP contribution is -2.18. The summed E-state index contributed by atoms with van der Waals surface area (Å²) in [5, 5.41) is 3.46. The Balaban J connectivity index is 2.29. The van der Waals surface area contributed by atoms with Crippen molar-refractivity contribution < 1.29 is 4.74 Å². The van der Waals surface area contributed by atoms with Gasteiger partial charge in [-0.15, -0.1) is 0 Å². The van der Waals surface area contributed by atoms with E-state index in [2.05, 4.69) is 50.4 Å². The van der Waals surface area contributed by atoms with Gasteiger partial charge < -0.3 is 10.1 Å². The number of nitrogens with one attached hydrogen (secondary N) is 1. The van der Waals surface area contributed by atoms with Gasteiger partial charge in [0.05, 0.1) is 6.61 Å². The van der Waals surface area contributed by atoms with Crippen LogP contribution in [0, 0.1) is 5.92 Å². The highest BCUT2D eigenvalue weighted by atomic mass is 16.5. The summed E-state index contributed by atoms with van der Waals surface area (Å²) in [6, 6.07) is 8.64. The van der Waals surface area contributed by atoms with E-state index in [0.717, 1.165) is 45.1 Å². The summed E-state index contributed by atoms with van der Waals surface area (Å²) in [5.74, 6) is 0.774. The monoisotopic (exact) mass is 277 g/mol. The van der Waals surface area contributed by atoms with Crippen LogP contribution in [0.25, 0.3) is 0 Å². The van der Waals surface area contributed by atoms with E-state index in [1.807, 2.05) is 0 Å². The van der Waals surface area contributed by atoms with E-state index < -0.39 is 0 Å². The average Bonchev–Trinajstić information content (AvgIpc) is 2.44. The van der Waals surface area contributed by atoms with Gasteiger partial charge in [0.1, 0.15) is 0 Å². The van der Waals surface area contributed by atoms with Crippen LogP contribution in [0.5, 0.6) is 0 Å². The van der Waals surface area contributed by atoms with Gasteiger partial charge in [0.15, 0.2) is 0 Å². The molecule has 0 unspecified atom stereocenters. The molecule has 1 aromatic rings. The highest BCUT2D eigenvalue weighted by Gasteiger charge is 2.02. The van der Waals surface area contributed by atoms with Crippen molar-refractivity contribution in [2.75, 3.05) is 19.7 Å². The summed E-state index contributed by atoms with van der Waals surface area (Å²) in [5.41, 5.74) is 2.76. The van der Waals surface area contributed by atoms with Crippen molar-refractivity contribution in [2.24, 2.45) is 5.92 Å². The molecule has 0 aliphatic heterocycles. The van der Waals surface area contributed by atoms with E-state index in [0.29, 0.717) is 0 Å². The molecule has 0 fully saturated rings. The van der Waals surface area contributed by atoms with Gasteiger partial charge in [-0.1, -0.05) is 45.0 Å². The van der Waals surface area contributed by atoms with Crippen LogP contribution in [0.2, 0.25) is 0 Å². The van der Waals surface area contributed by atoms with Gasteiger partial charge in [-0.2, -0.15) is 0 Å². The third-order valence-electron chi connectivity index (χ3n) is 3.44. The Labute approximate surface area is 124 Å². The summed E-state index contributed by atoms with van der Waals surface area (Å²) in [4.78, 5) is 0. The Morgan fingerprint density at radius 3 is 2.55 bits per heavy atom. The summed E-state index contributed by atoms with van der Waals surface area (Å²) in [6.45, 7) is 10.5. The van der Waals surface area contributed by atoms with Gasteiger partial charge in [0, 0.05) is 6.61 Å². The molecule has 1 N–H and O–H groups in total. The molecule has 0 saturated heterocycles. The molecule has 0 aromatic heterocycles.